The first-order chi connectivity index (χ1) is 8.24. The first kappa shape index (κ1) is 13.7. The van der Waals surface area contributed by atoms with Crippen LogP contribution in [0.3, 0.4) is 0 Å². The molecule has 1 aromatic heterocycles. The van der Waals surface area contributed by atoms with E-state index in [-0.39, 0.29) is 12.3 Å². The zero-order valence-corrected chi connectivity index (χ0v) is 10.2. The van der Waals surface area contributed by atoms with Crippen LogP contribution >= 0.6 is 11.8 Å². The third-order valence-corrected chi connectivity index (χ3v) is 2.99. The lowest BCUT2D eigenvalue weighted by molar-refractivity contribution is 0.0994. The van der Waals surface area contributed by atoms with Crippen molar-refractivity contribution < 1.29 is 9.90 Å². The van der Waals surface area contributed by atoms with Crippen LogP contribution in [0, 0.1) is 0 Å². The molecule has 0 bridgehead atoms. The zero-order chi connectivity index (χ0) is 12.5. The highest BCUT2D eigenvalue weighted by Crippen LogP contribution is 2.04. The van der Waals surface area contributed by atoms with Crippen molar-refractivity contribution in [3.05, 3.63) is 17.8 Å². The summed E-state index contributed by atoms with van der Waals surface area (Å²) in [6.07, 6.45) is 0.817. The molecule has 4 N–H and O–H groups in total. The van der Waals surface area contributed by atoms with Gasteiger partial charge in [0, 0.05) is 18.9 Å². The number of carbonyl (C=O) groups is 1. The molecule has 6 nitrogen and oxygen atoms in total. The Bertz CT molecular complexity index is 345. The van der Waals surface area contributed by atoms with Crippen LogP contribution in [0.4, 0.5) is 5.82 Å². The number of hydrogen-bond donors (Lipinski definition) is 3. The van der Waals surface area contributed by atoms with Gasteiger partial charge in [0.15, 0.2) is 5.69 Å². The van der Waals surface area contributed by atoms with Gasteiger partial charge in [-0.25, -0.2) is 0 Å². The average Bonchev–Trinajstić information content (AvgIpc) is 2.34. The summed E-state index contributed by atoms with van der Waals surface area (Å²) in [6, 6.07) is 3.21. The number of hydrogen-bond acceptors (Lipinski definition) is 6. The van der Waals surface area contributed by atoms with Gasteiger partial charge in [-0.1, -0.05) is 0 Å². The molecule has 0 saturated heterocycles. The third kappa shape index (κ3) is 5.50. The van der Waals surface area contributed by atoms with Crippen molar-refractivity contribution >= 4 is 23.5 Å². The molecule has 0 aliphatic carbocycles. The van der Waals surface area contributed by atoms with Crippen LogP contribution in [-0.2, 0) is 0 Å². The van der Waals surface area contributed by atoms with E-state index in [1.807, 2.05) is 0 Å². The molecular formula is C10H16N4O2S. The van der Waals surface area contributed by atoms with Crippen LogP contribution in [0.15, 0.2) is 12.1 Å². The number of aliphatic hydroxyl groups is 1. The fourth-order valence-electron chi connectivity index (χ4n) is 1.08. The lowest BCUT2D eigenvalue weighted by atomic mass is 10.4. The summed E-state index contributed by atoms with van der Waals surface area (Å²) in [6.45, 7) is 1.00. The monoisotopic (exact) mass is 256 g/mol. The van der Waals surface area contributed by atoms with Crippen LogP contribution in [0.5, 0.6) is 0 Å². The van der Waals surface area contributed by atoms with Crippen LogP contribution in [0.1, 0.15) is 16.9 Å². The number of nitrogens with zero attached hydrogens (tertiary/aromatic N) is 2. The summed E-state index contributed by atoms with van der Waals surface area (Å²) >= 11 is 1.76. The van der Waals surface area contributed by atoms with Gasteiger partial charge in [0.2, 0.25) is 0 Å². The van der Waals surface area contributed by atoms with E-state index in [4.69, 9.17) is 10.8 Å². The minimum Gasteiger partial charge on any atom is -0.396 e. The first-order valence-corrected chi connectivity index (χ1v) is 6.45. The summed E-state index contributed by atoms with van der Waals surface area (Å²) in [5, 5.41) is 19.2. The number of nitrogens with two attached hydrogens (primary N) is 1. The van der Waals surface area contributed by atoms with E-state index < -0.39 is 5.91 Å². The van der Waals surface area contributed by atoms with Crippen molar-refractivity contribution in [2.75, 3.05) is 30.0 Å². The summed E-state index contributed by atoms with van der Waals surface area (Å²) in [4.78, 5) is 10.7. The second-order valence-corrected chi connectivity index (χ2v) is 4.51. The topological polar surface area (TPSA) is 101 Å². The fraction of sp³-hybridized carbons (Fsp3) is 0.500. The molecule has 17 heavy (non-hydrogen) atoms. The van der Waals surface area contributed by atoms with E-state index in [1.165, 1.54) is 6.07 Å². The molecule has 0 saturated carbocycles. The van der Waals surface area contributed by atoms with Gasteiger partial charge >= 0.3 is 0 Å². The Morgan fingerprint density at radius 3 is 2.82 bits per heavy atom. The molecule has 0 aliphatic heterocycles. The molecule has 7 heteroatoms. The van der Waals surface area contributed by atoms with Gasteiger partial charge in [0.25, 0.3) is 5.91 Å². The number of anilines is 1. The molecule has 0 atom stereocenters. The van der Waals surface area contributed by atoms with Crippen molar-refractivity contribution in [3.8, 4) is 0 Å². The van der Waals surface area contributed by atoms with Crippen molar-refractivity contribution in [2.45, 2.75) is 6.42 Å². The quantitative estimate of drug-likeness (QED) is 0.570. The minimum atomic E-state index is -0.580. The maximum absolute atomic E-state index is 10.7. The highest BCUT2D eigenvalue weighted by molar-refractivity contribution is 7.99. The van der Waals surface area contributed by atoms with Gasteiger partial charge in [0.1, 0.15) is 5.82 Å². The van der Waals surface area contributed by atoms with E-state index in [0.29, 0.717) is 5.82 Å². The molecule has 1 heterocycles. The smallest absolute Gasteiger partial charge is 0.269 e. The lowest BCUT2D eigenvalue weighted by Crippen LogP contribution is -2.14. The van der Waals surface area contributed by atoms with Crippen molar-refractivity contribution in [3.63, 3.8) is 0 Å². The van der Waals surface area contributed by atoms with E-state index in [1.54, 1.807) is 17.8 Å². The molecular weight excluding hydrogens is 240 g/mol. The van der Waals surface area contributed by atoms with Gasteiger partial charge in [-0.3, -0.25) is 4.79 Å². The Hall–Kier alpha value is -1.34. The number of aromatic nitrogens is 2. The number of primary amides is 1. The predicted molar refractivity (Wildman–Crippen MR) is 68.1 cm³/mol. The molecule has 1 amide bonds. The summed E-state index contributed by atoms with van der Waals surface area (Å²) in [5.41, 5.74) is 5.21. The molecule has 0 fully saturated rings. The maximum atomic E-state index is 10.7. The molecule has 0 radical (unpaired) electrons. The molecule has 94 valence electrons. The van der Waals surface area contributed by atoms with Gasteiger partial charge in [-0.2, -0.15) is 11.8 Å². The third-order valence-electron chi connectivity index (χ3n) is 1.92. The minimum absolute atomic E-state index is 0.160. The Balaban J connectivity index is 2.21. The highest BCUT2D eigenvalue weighted by Gasteiger charge is 2.02. The predicted octanol–water partition coefficient (Wildman–Crippen LogP) is 0.103. The van der Waals surface area contributed by atoms with Crippen LogP contribution < -0.4 is 11.1 Å². The molecule has 1 aromatic rings. The number of amides is 1. The Labute approximate surface area is 104 Å². The van der Waals surface area contributed by atoms with Gasteiger partial charge in [-0.05, 0) is 24.3 Å². The highest BCUT2D eigenvalue weighted by atomic mass is 32.2. The average molecular weight is 256 g/mol. The second-order valence-electron chi connectivity index (χ2n) is 3.28. The summed E-state index contributed by atoms with van der Waals surface area (Å²) in [7, 11) is 0. The van der Waals surface area contributed by atoms with Crippen LogP contribution in [0.25, 0.3) is 0 Å². The lowest BCUT2D eigenvalue weighted by Gasteiger charge is -2.04. The van der Waals surface area contributed by atoms with Gasteiger partial charge in [0.05, 0.1) is 0 Å². The number of aliphatic hydroxyl groups excluding tert-OH is 1. The van der Waals surface area contributed by atoms with Crippen molar-refractivity contribution in [1.29, 1.82) is 0 Å². The number of nitrogens with one attached hydrogen (secondary N) is 1. The van der Waals surface area contributed by atoms with E-state index in [2.05, 4.69) is 15.5 Å². The largest absolute Gasteiger partial charge is 0.396 e. The van der Waals surface area contributed by atoms with Crippen LogP contribution in [0.2, 0.25) is 0 Å². The number of carbonyl (C=O) groups excluding carboxylic acids is 1. The van der Waals surface area contributed by atoms with Crippen molar-refractivity contribution in [1.82, 2.24) is 10.2 Å². The first-order valence-electron chi connectivity index (χ1n) is 5.30. The fourth-order valence-corrected chi connectivity index (χ4v) is 1.86. The Morgan fingerprint density at radius 2 is 2.24 bits per heavy atom. The van der Waals surface area contributed by atoms with Crippen molar-refractivity contribution in [2.24, 2.45) is 5.73 Å². The maximum Gasteiger partial charge on any atom is 0.269 e. The number of thioether (sulfide) groups is 1. The van der Waals surface area contributed by atoms with Gasteiger partial charge < -0.3 is 16.2 Å². The Morgan fingerprint density at radius 1 is 1.41 bits per heavy atom. The SMILES string of the molecule is NC(=O)c1ccc(NCCSCCCO)nn1. The second kappa shape index (κ2) is 7.86. The molecule has 0 aliphatic rings. The van der Waals surface area contributed by atoms with E-state index in [0.717, 1.165) is 24.5 Å². The standard InChI is InChI=1S/C10H16N4O2S/c11-10(16)8-2-3-9(14-13-8)12-4-7-17-6-1-5-15/h2-3,15H,1,4-7H2,(H2,11,16)(H,12,14). The van der Waals surface area contributed by atoms with Gasteiger partial charge in [-0.15, -0.1) is 10.2 Å². The molecule has 0 aromatic carbocycles. The van der Waals surface area contributed by atoms with Crippen LogP contribution in [-0.4, -0.2) is 45.9 Å². The summed E-state index contributed by atoms with van der Waals surface area (Å²) < 4.78 is 0. The summed E-state index contributed by atoms with van der Waals surface area (Å²) in [5.74, 6) is 1.92. The zero-order valence-electron chi connectivity index (χ0n) is 9.43. The molecule has 0 spiro atoms. The Kier molecular flexibility index (Phi) is 6.34. The van der Waals surface area contributed by atoms with E-state index >= 15 is 0 Å². The molecule has 0 unspecified atom stereocenters. The normalized spacial score (nSPS) is 10.2. The number of rotatable bonds is 8. The van der Waals surface area contributed by atoms with E-state index in [9.17, 15) is 4.79 Å². The molecule has 1 rings (SSSR count).